The standard InChI is InChI=1S/C19H23FN4O.2ClH/c20-16-10-15(4-5-17(16)24-7-6-22-11-24)23-19(25)14-8-12-2-1-3-13(9-14)18(12)21;;/h4-7,10-14,18H,1-3,8-9,21H2,(H,23,25);2*1H. The van der Waals surface area contributed by atoms with Gasteiger partial charge in [0, 0.05) is 30.0 Å². The van der Waals surface area contributed by atoms with Crippen LogP contribution in [0.4, 0.5) is 10.1 Å². The van der Waals surface area contributed by atoms with Crippen LogP contribution in [-0.2, 0) is 4.79 Å². The Morgan fingerprint density at radius 2 is 1.93 bits per heavy atom. The number of hydrogen-bond donors (Lipinski definition) is 2. The molecule has 3 N–H and O–H groups in total. The van der Waals surface area contributed by atoms with Crippen molar-refractivity contribution in [3.63, 3.8) is 0 Å². The van der Waals surface area contributed by atoms with E-state index in [1.807, 2.05) is 0 Å². The molecule has 2 unspecified atom stereocenters. The van der Waals surface area contributed by atoms with Crippen molar-refractivity contribution < 1.29 is 9.18 Å². The van der Waals surface area contributed by atoms with Crippen LogP contribution in [0.15, 0.2) is 36.9 Å². The van der Waals surface area contributed by atoms with E-state index < -0.39 is 5.82 Å². The maximum Gasteiger partial charge on any atom is 0.227 e. The van der Waals surface area contributed by atoms with Gasteiger partial charge in [0.2, 0.25) is 5.91 Å². The summed E-state index contributed by atoms with van der Waals surface area (Å²) in [7, 11) is 0. The Balaban J connectivity index is 0.00000131. The second kappa shape index (κ2) is 9.04. The van der Waals surface area contributed by atoms with Crippen molar-refractivity contribution in [2.45, 2.75) is 38.1 Å². The fourth-order valence-electron chi connectivity index (χ4n) is 4.44. The van der Waals surface area contributed by atoms with Crippen molar-refractivity contribution in [1.29, 1.82) is 0 Å². The van der Waals surface area contributed by atoms with E-state index in [9.17, 15) is 9.18 Å². The molecule has 2 saturated carbocycles. The van der Waals surface area contributed by atoms with Gasteiger partial charge in [-0.05, 0) is 55.7 Å². The molecule has 0 aliphatic heterocycles. The highest BCUT2D eigenvalue weighted by atomic mass is 35.5. The number of carbonyl (C=O) groups excluding carboxylic acids is 1. The van der Waals surface area contributed by atoms with Gasteiger partial charge in [-0.1, -0.05) is 6.42 Å². The SMILES string of the molecule is Cl.Cl.NC1C2CCCC1CC(C(=O)Nc1ccc(-n3ccnc3)c(F)c1)C2. The summed E-state index contributed by atoms with van der Waals surface area (Å²) in [5, 5.41) is 2.88. The van der Waals surface area contributed by atoms with Crippen molar-refractivity contribution >= 4 is 36.4 Å². The number of imidazole rings is 1. The van der Waals surface area contributed by atoms with Crippen LogP contribution in [0.5, 0.6) is 0 Å². The lowest BCUT2D eigenvalue weighted by molar-refractivity contribution is -0.122. The Bertz CT molecular complexity index is 757. The summed E-state index contributed by atoms with van der Waals surface area (Å²) in [5.74, 6) is 0.468. The van der Waals surface area contributed by atoms with Gasteiger partial charge < -0.3 is 15.6 Å². The topological polar surface area (TPSA) is 72.9 Å². The lowest BCUT2D eigenvalue weighted by Gasteiger charge is -2.43. The molecule has 2 aliphatic carbocycles. The molecular weight excluding hydrogens is 390 g/mol. The van der Waals surface area contributed by atoms with Gasteiger partial charge in [-0.2, -0.15) is 0 Å². The number of carbonyl (C=O) groups is 1. The number of fused-ring (bicyclic) bond motifs is 2. The van der Waals surface area contributed by atoms with E-state index in [2.05, 4.69) is 10.3 Å². The van der Waals surface area contributed by atoms with Crippen LogP contribution in [0.1, 0.15) is 32.1 Å². The van der Waals surface area contributed by atoms with Gasteiger partial charge in [0.25, 0.3) is 0 Å². The number of nitrogens with zero attached hydrogens (tertiary/aromatic N) is 2. The summed E-state index contributed by atoms with van der Waals surface area (Å²) in [6.07, 6.45) is 9.98. The zero-order valence-corrected chi connectivity index (χ0v) is 16.5. The second-order valence-electron chi connectivity index (χ2n) is 7.32. The van der Waals surface area contributed by atoms with Gasteiger partial charge in [-0.15, -0.1) is 24.8 Å². The molecule has 2 aromatic rings. The first kappa shape index (κ1) is 21.7. The van der Waals surface area contributed by atoms with Crippen molar-refractivity contribution in [1.82, 2.24) is 9.55 Å². The lowest BCUT2D eigenvalue weighted by Crippen LogP contribution is -2.48. The van der Waals surface area contributed by atoms with Crippen LogP contribution in [0, 0.1) is 23.6 Å². The number of benzene rings is 1. The predicted molar refractivity (Wildman–Crippen MR) is 108 cm³/mol. The van der Waals surface area contributed by atoms with E-state index in [1.54, 1.807) is 35.4 Å². The Morgan fingerprint density at radius 1 is 1.22 bits per heavy atom. The number of hydrogen-bond acceptors (Lipinski definition) is 3. The van der Waals surface area contributed by atoms with Crippen molar-refractivity contribution in [3.8, 4) is 5.69 Å². The van der Waals surface area contributed by atoms with Crippen LogP contribution < -0.4 is 11.1 Å². The maximum atomic E-state index is 14.3. The fourth-order valence-corrected chi connectivity index (χ4v) is 4.44. The van der Waals surface area contributed by atoms with Crippen LogP contribution >= 0.6 is 24.8 Å². The molecule has 4 rings (SSSR count). The highest BCUT2D eigenvalue weighted by Gasteiger charge is 2.40. The average molecular weight is 415 g/mol. The first-order chi connectivity index (χ1) is 12.1. The Kier molecular flexibility index (Phi) is 7.25. The summed E-state index contributed by atoms with van der Waals surface area (Å²) < 4.78 is 15.9. The number of amides is 1. The minimum Gasteiger partial charge on any atom is -0.327 e. The number of anilines is 1. The van der Waals surface area contributed by atoms with Gasteiger partial charge in [-0.25, -0.2) is 9.37 Å². The molecule has 0 saturated heterocycles. The van der Waals surface area contributed by atoms with Crippen molar-refractivity contribution in [3.05, 3.63) is 42.7 Å². The first-order valence-electron chi connectivity index (χ1n) is 8.96. The summed E-state index contributed by atoms with van der Waals surface area (Å²) in [5.41, 5.74) is 7.20. The molecule has 0 spiro atoms. The van der Waals surface area contributed by atoms with Crippen molar-refractivity contribution in [2.75, 3.05) is 5.32 Å². The molecule has 1 aromatic heterocycles. The molecule has 2 aliphatic rings. The third kappa shape index (κ3) is 4.45. The Labute approximate surface area is 170 Å². The van der Waals surface area contributed by atoms with Gasteiger partial charge in [0.15, 0.2) is 0 Å². The van der Waals surface area contributed by atoms with E-state index in [1.165, 1.54) is 12.5 Å². The highest BCUT2D eigenvalue weighted by molar-refractivity contribution is 5.92. The average Bonchev–Trinajstić information content (AvgIpc) is 3.08. The van der Waals surface area contributed by atoms with Gasteiger partial charge in [0.05, 0.1) is 12.0 Å². The van der Waals surface area contributed by atoms with Crippen molar-refractivity contribution in [2.24, 2.45) is 23.5 Å². The van der Waals surface area contributed by atoms with E-state index in [-0.39, 0.29) is 42.7 Å². The van der Waals surface area contributed by atoms with E-state index in [0.29, 0.717) is 23.2 Å². The maximum absolute atomic E-state index is 14.3. The summed E-state index contributed by atoms with van der Waals surface area (Å²) in [6, 6.07) is 4.98. The third-order valence-electron chi connectivity index (χ3n) is 5.78. The summed E-state index contributed by atoms with van der Waals surface area (Å²) in [4.78, 5) is 16.6. The second-order valence-corrected chi connectivity index (χ2v) is 7.32. The summed E-state index contributed by atoms with van der Waals surface area (Å²) >= 11 is 0. The quantitative estimate of drug-likeness (QED) is 0.798. The number of halogens is 3. The Hall–Kier alpha value is -1.63. The molecule has 1 amide bonds. The van der Waals surface area contributed by atoms with Gasteiger partial charge in [0.1, 0.15) is 5.82 Å². The normalized spacial score (nSPS) is 26.4. The molecule has 2 atom stereocenters. The highest BCUT2D eigenvalue weighted by Crippen LogP contribution is 2.42. The van der Waals surface area contributed by atoms with E-state index in [0.717, 1.165) is 25.7 Å². The van der Waals surface area contributed by atoms with E-state index in [4.69, 9.17) is 5.73 Å². The molecule has 2 fully saturated rings. The van der Waals surface area contributed by atoms with Gasteiger partial charge >= 0.3 is 0 Å². The van der Waals surface area contributed by atoms with Crippen LogP contribution in [-0.4, -0.2) is 21.5 Å². The number of nitrogens with two attached hydrogens (primary N) is 1. The van der Waals surface area contributed by atoms with E-state index >= 15 is 0 Å². The van der Waals surface area contributed by atoms with Crippen LogP contribution in [0.2, 0.25) is 0 Å². The summed E-state index contributed by atoms with van der Waals surface area (Å²) in [6.45, 7) is 0. The molecule has 27 heavy (non-hydrogen) atoms. The van der Waals surface area contributed by atoms with Crippen LogP contribution in [0.25, 0.3) is 5.69 Å². The van der Waals surface area contributed by atoms with Crippen LogP contribution in [0.3, 0.4) is 0 Å². The fraction of sp³-hybridized carbons (Fsp3) is 0.474. The predicted octanol–water partition coefficient (Wildman–Crippen LogP) is 3.95. The molecule has 8 heteroatoms. The van der Waals surface area contributed by atoms with Gasteiger partial charge in [-0.3, -0.25) is 4.79 Å². The first-order valence-corrected chi connectivity index (χ1v) is 8.96. The minimum atomic E-state index is -0.390. The number of aromatic nitrogens is 2. The molecule has 148 valence electrons. The minimum absolute atomic E-state index is 0. The zero-order chi connectivity index (χ0) is 17.4. The Morgan fingerprint density at radius 3 is 2.52 bits per heavy atom. The largest absolute Gasteiger partial charge is 0.327 e. The molecule has 2 bridgehead atoms. The molecule has 5 nitrogen and oxygen atoms in total. The monoisotopic (exact) mass is 414 g/mol. The molecule has 0 radical (unpaired) electrons. The molecule has 1 aromatic carbocycles. The smallest absolute Gasteiger partial charge is 0.227 e. The lowest BCUT2D eigenvalue weighted by atomic mass is 9.65. The molecular formula is C19H25Cl2FN4O. The molecule has 1 heterocycles. The third-order valence-corrected chi connectivity index (χ3v) is 5.78. The zero-order valence-electron chi connectivity index (χ0n) is 14.9. The number of rotatable bonds is 3. The number of nitrogens with one attached hydrogen (secondary N) is 1.